The minimum atomic E-state index is -3.81. The molecule has 130 valence electrons. The minimum absolute atomic E-state index is 0.801. The Bertz CT molecular complexity index is 205. The van der Waals surface area contributed by atoms with Gasteiger partial charge in [0.1, 0.15) is 0 Å². The fourth-order valence-electron chi connectivity index (χ4n) is 0. The van der Waals surface area contributed by atoms with Crippen LogP contribution < -0.4 is 0 Å². The third-order valence-electron chi connectivity index (χ3n) is 0.471. The van der Waals surface area contributed by atoms with Crippen LogP contribution in [0, 0.1) is 0 Å². The number of thioether (sulfide) groups is 1. The first kappa shape index (κ1) is 33.1. The van der Waals surface area contributed by atoms with Crippen molar-refractivity contribution in [3.8, 4) is 0 Å². The zero-order valence-corrected chi connectivity index (χ0v) is 17.3. The quantitative estimate of drug-likeness (QED) is 0.374. The maximum Gasteiger partial charge on any atom is 0.319 e. The van der Waals surface area contributed by atoms with Crippen LogP contribution in [0.5, 0.6) is 0 Å². The Kier molecular flexibility index (Phi) is 37.6. The SMILES string of the molecule is CC.CCC.CSC(C)C.OP(O)(O)=S.OP(O)(O)=S. The van der Waals surface area contributed by atoms with E-state index in [9.17, 15) is 0 Å². The molecule has 0 heterocycles. The molecule has 0 aromatic heterocycles. The van der Waals surface area contributed by atoms with Crippen molar-refractivity contribution in [1.82, 2.24) is 0 Å². The van der Waals surface area contributed by atoms with Crippen molar-refractivity contribution in [2.45, 2.75) is 53.2 Å². The van der Waals surface area contributed by atoms with E-state index in [1.807, 2.05) is 25.6 Å². The van der Waals surface area contributed by atoms with Crippen LogP contribution in [-0.4, -0.2) is 40.9 Å². The molecule has 0 spiro atoms. The number of hydrogen-bond acceptors (Lipinski definition) is 3. The highest BCUT2D eigenvalue weighted by Gasteiger charge is 1.92. The van der Waals surface area contributed by atoms with E-state index in [4.69, 9.17) is 29.4 Å². The van der Waals surface area contributed by atoms with E-state index < -0.39 is 13.4 Å². The Morgan fingerprint density at radius 1 is 0.850 bits per heavy atom. The van der Waals surface area contributed by atoms with Gasteiger partial charge >= 0.3 is 13.4 Å². The molecular formula is C9H30O6P2S3. The molecule has 0 amide bonds. The number of hydrogen-bond donors (Lipinski definition) is 6. The summed E-state index contributed by atoms with van der Waals surface area (Å²) in [5.74, 6) is 0. The van der Waals surface area contributed by atoms with E-state index in [1.165, 1.54) is 6.42 Å². The van der Waals surface area contributed by atoms with Gasteiger partial charge in [-0.25, -0.2) is 0 Å². The average Bonchev–Trinajstić information content (AvgIpc) is 2.17. The van der Waals surface area contributed by atoms with Crippen LogP contribution >= 0.6 is 25.2 Å². The van der Waals surface area contributed by atoms with E-state index in [0.29, 0.717) is 0 Å². The van der Waals surface area contributed by atoms with Crippen LogP contribution in [0.3, 0.4) is 0 Å². The first-order valence-electron chi connectivity index (χ1n) is 5.78. The topological polar surface area (TPSA) is 121 Å². The van der Waals surface area contributed by atoms with Crippen LogP contribution in [-0.2, 0) is 23.6 Å². The molecule has 0 saturated heterocycles. The average molecular weight is 392 g/mol. The summed E-state index contributed by atoms with van der Waals surface area (Å²) in [7, 11) is 0. The molecule has 0 aromatic rings. The van der Waals surface area contributed by atoms with Gasteiger partial charge in [0.15, 0.2) is 0 Å². The maximum absolute atomic E-state index is 7.56. The van der Waals surface area contributed by atoms with Crippen molar-refractivity contribution in [3.63, 3.8) is 0 Å². The molecule has 0 fully saturated rings. The molecule has 0 atom stereocenters. The molecule has 0 saturated carbocycles. The molecule has 6 N–H and O–H groups in total. The summed E-state index contributed by atoms with van der Waals surface area (Å²) in [5.41, 5.74) is 0. The smallest absolute Gasteiger partial charge is 0.319 e. The summed E-state index contributed by atoms with van der Waals surface area (Å²) in [6.07, 6.45) is 3.37. The van der Waals surface area contributed by atoms with Gasteiger partial charge < -0.3 is 29.4 Å². The van der Waals surface area contributed by atoms with Gasteiger partial charge in [-0.2, -0.15) is 11.8 Å². The molecule has 11 heteroatoms. The molecule has 0 aliphatic carbocycles. The van der Waals surface area contributed by atoms with Gasteiger partial charge in [-0.1, -0.05) is 48.0 Å². The fourth-order valence-corrected chi connectivity index (χ4v) is 0. The molecule has 0 radical (unpaired) electrons. The van der Waals surface area contributed by atoms with E-state index in [1.54, 1.807) is 0 Å². The van der Waals surface area contributed by atoms with Crippen LogP contribution in [0.25, 0.3) is 0 Å². The van der Waals surface area contributed by atoms with Gasteiger partial charge in [-0.3, -0.25) is 0 Å². The summed E-state index contributed by atoms with van der Waals surface area (Å²) in [6.45, 7) is 5.01. The van der Waals surface area contributed by atoms with E-state index in [-0.39, 0.29) is 0 Å². The number of rotatable bonds is 1. The molecule has 0 rings (SSSR count). The molecule has 0 unspecified atom stereocenters. The standard InChI is InChI=1S/C4H10S.C3H8.C2H6.2H3O3PS/c1-4(2)5-3;1-3-2;1-2;2*1-4(2,3)5/h4H,1-3H3;3H2,1-2H3;1-2H3;2*(H3,1,2,3,5). The first-order valence-corrected chi connectivity index (χ1v) is 12.4. The molecule has 0 aliphatic heterocycles. The Labute approximate surface area is 137 Å². The zero-order valence-electron chi connectivity index (χ0n) is 13.1. The lowest BCUT2D eigenvalue weighted by atomic mass is 10.6. The van der Waals surface area contributed by atoms with Crippen LogP contribution in [0.15, 0.2) is 0 Å². The van der Waals surface area contributed by atoms with Crippen molar-refractivity contribution in [1.29, 1.82) is 0 Å². The van der Waals surface area contributed by atoms with Crippen molar-refractivity contribution in [2.75, 3.05) is 6.26 Å². The van der Waals surface area contributed by atoms with E-state index >= 15 is 0 Å². The van der Waals surface area contributed by atoms with E-state index in [0.717, 1.165) is 5.25 Å². The summed E-state index contributed by atoms with van der Waals surface area (Å²) in [5, 5.41) is 0.801. The summed E-state index contributed by atoms with van der Waals surface area (Å²) in [6, 6.07) is 0. The van der Waals surface area contributed by atoms with Crippen molar-refractivity contribution < 1.29 is 29.4 Å². The molecule has 0 aliphatic rings. The third-order valence-corrected chi connectivity index (χ3v) is 1.41. The van der Waals surface area contributed by atoms with Gasteiger partial charge in [-0.15, -0.1) is 0 Å². The highest BCUT2D eigenvalue weighted by Crippen LogP contribution is 2.26. The molecule has 0 bridgehead atoms. The van der Waals surface area contributed by atoms with E-state index in [2.05, 4.69) is 57.6 Å². The largest absolute Gasteiger partial charge is 0.325 e. The van der Waals surface area contributed by atoms with Crippen LogP contribution in [0.4, 0.5) is 0 Å². The lowest BCUT2D eigenvalue weighted by Gasteiger charge is -1.90. The Morgan fingerprint density at radius 3 is 0.900 bits per heavy atom. The van der Waals surface area contributed by atoms with Gasteiger partial charge in [0, 0.05) is 0 Å². The molecule has 0 aromatic carbocycles. The van der Waals surface area contributed by atoms with Gasteiger partial charge in [-0.05, 0) is 35.1 Å². The first-order chi connectivity index (χ1) is 8.68. The molecular weight excluding hydrogens is 362 g/mol. The molecule has 6 nitrogen and oxygen atoms in total. The Morgan fingerprint density at radius 2 is 0.900 bits per heavy atom. The molecule has 20 heavy (non-hydrogen) atoms. The summed E-state index contributed by atoms with van der Waals surface area (Å²) >= 11 is 9.09. The van der Waals surface area contributed by atoms with Crippen molar-refractivity contribution >= 4 is 48.8 Å². The highest BCUT2D eigenvalue weighted by molar-refractivity contribution is 8.06. The highest BCUT2D eigenvalue weighted by atomic mass is 32.5. The Hall–Kier alpha value is 1.41. The lowest BCUT2D eigenvalue weighted by Crippen LogP contribution is -1.79. The fraction of sp³-hybridized carbons (Fsp3) is 1.00. The maximum atomic E-state index is 7.56. The Balaban J connectivity index is -0.0000000487. The summed E-state index contributed by atoms with van der Waals surface area (Å²) in [4.78, 5) is 45.3. The third kappa shape index (κ3) is 566. The van der Waals surface area contributed by atoms with Crippen molar-refractivity contribution in [2.24, 2.45) is 0 Å². The van der Waals surface area contributed by atoms with Gasteiger partial charge in [0.25, 0.3) is 0 Å². The van der Waals surface area contributed by atoms with Crippen molar-refractivity contribution in [3.05, 3.63) is 0 Å². The van der Waals surface area contributed by atoms with Gasteiger partial charge in [0.05, 0.1) is 0 Å². The second kappa shape index (κ2) is 22.7. The monoisotopic (exact) mass is 392 g/mol. The lowest BCUT2D eigenvalue weighted by molar-refractivity contribution is 0.361. The summed E-state index contributed by atoms with van der Waals surface area (Å²) < 4.78 is 0. The zero-order chi connectivity index (χ0) is 18.0. The van der Waals surface area contributed by atoms with Crippen LogP contribution in [0.2, 0.25) is 0 Å². The predicted octanol–water partition coefficient (Wildman–Crippen LogP) is 2.58. The second-order valence-corrected chi connectivity index (χ2v) is 9.42. The predicted molar refractivity (Wildman–Crippen MR) is 97.8 cm³/mol. The normalized spacial score (nSPS) is 9.50. The van der Waals surface area contributed by atoms with Gasteiger partial charge in [0.2, 0.25) is 0 Å². The minimum Gasteiger partial charge on any atom is -0.325 e. The van der Waals surface area contributed by atoms with Crippen LogP contribution in [0.1, 0.15) is 48.0 Å². The second-order valence-electron chi connectivity index (χ2n) is 3.02.